The second-order valence-electron chi connectivity index (χ2n) is 7.23. The monoisotopic (exact) mass is 403 g/mol. The van der Waals surface area contributed by atoms with Gasteiger partial charge in [0.1, 0.15) is 0 Å². The van der Waals surface area contributed by atoms with E-state index in [-0.39, 0.29) is 38.2 Å². The summed E-state index contributed by atoms with van der Waals surface area (Å²) in [6.45, 7) is 0.571. The lowest BCUT2D eigenvalue weighted by Crippen LogP contribution is -2.35. The maximum Gasteiger partial charge on any atom is 0.258 e. The molecule has 5 nitrogen and oxygen atoms in total. The summed E-state index contributed by atoms with van der Waals surface area (Å²) in [4.78, 5) is 27.6. The fraction of sp³-hybridized carbons (Fsp3) is 0.130. The number of hydrogen-bond acceptors (Lipinski definition) is 4. The predicted molar refractivity (Wildman–Crippen MR) is 108 cm³/mol. The van der Waals surface area contributed by atoms with Crippen LogP contribution in [0.25, 0.3) is 0 Å². The molecule has 2 heterocycles. The Morgan fingerprint density at radius 1 is 0.862 bits per heavy atom. The third-order valence-electron chi connectivity index (χ3n) is 5.54. The summed E-state index contributed by atoms with van der Waals surface area (Å²) in [5.41, 5.74) is 2.49. The molecule has 0 saturated heterocycles. The number of hydrogen-bond donors (Lipinski definition) is 0. The van der Waals surface area contributed by atoms with Crippen LogP contribution in [0, 0.1) is 0 Å². The van der Waals surface area contributed by atoms with Gasteiger partial charge in [-0.1, -0.05) is 30.3 Å². The zero-order valence-electron chi connectivity index (χ0n) is 15.5. The van der Waals surface area contributed by atoms with E-state index in [9.17, 15) is 18.0 Å². The molecule has 144 valence electrons. The average molecular weight is 403 g/mol. The molecule has 29 heavy (non-hydrogen) atoms. The predicted octanol–water partition coefficient (Wildman–Crippen LogP) is 3.66. The second kappa shape index (κ2) is 6.39. The standard InChI is InChI=1S/C23H17NO4S/c25-22-17-8-2-4-10-20(17)29(27,28)21-14-16(11-12-18(21)22)23(26)24-13-5-7-15-6-1-3-9-19(15)24/h1-4,6,8-12,14H,5,7,13H2. The molecule has 0 unspecified atom stereocenters. The first-order valence-electron chi connectivity index (χ1n) is 9.41. The fourth-order valence-electron chi connectivity index (χ4n) is 4.12. The highest BCUT2D eigenvalue weighted by Gasteiger charge is 2.35. The first kappa shape index (κ1) is 17.8. The van der Waals surface area contributed by atoms with E-state index in [4.69, 9.17) is 0 Å². The van der Waals surface area contributed by atoms with Gasteiger partial charge in [0, 0.05) is 28.9 Å². The van der Waals surface area contributed by atoms with Gasteiger partial charge >= 0.3 is 0 Å². The van der Waals surface area contributed by atoms with Crippen molar-refractivity contribution >= 4 is 27.2 Å². The lowest BCUT2D eigenvalue weighted by molar-refractivity contribution is 0.0981. The number of ketones is 1. The Labute approximate surface area is 168 Å². The van der Waals surface area contributed by atoms with E-state index in [0.29, 0.717) is 6.54 Å². The van der Waals surface area contributed by atoms with Crippen LogP contribution >= 0.6 is 0 Å². The Morgan fingerprint density at radius 3 is 2.45 bits per heavy atom. The first-order valence-corrected chi connectivity index (χ1v) is 10.9. The fourth-order valence-corrected chi connectivity index (χ4v) is 5.80. The molecule has 0 fully saturated rings. The van der Waals surface area contributed by atoms with Gasteiger partial charge in [0.25, 0.3) is 5.91 Å². The summed E-state index contributed by atoms with van der Waals surface area (Å²) in [6, 6.07) is 18.3. The molecule has 0 spiro atoms. The van der Waals surface area contributed by atoms with Gasteiger partial charge in [0.2, 0.25) is 9.84 Å². The number of nitrogens with zero attached hydrogens (tertiary/aromatic N) is 1. The van der Waals surface area contributed by atoms with Crippen molar-refractivity contribution in [3.8, 4) is 0 Å². The number of aryl methyl sites for hydroxylation is 1. The van der Waals surface area contributed by atoms with Crippen LogP contribution < -0.4 is 4.90 Å². The first-order chi connectivity index (χ1) is 14.0. The van der Waals surface area contributed by atoms with Crippen molar-refractivity contribution in [1.82, 2.24) is 0 Å². The van der Waals surface area contributed by atoms with E-state index in [0.717, 1.165) is 24.1 Å². The van der Waals surface area contributed by atoms with Gasteiger partial charge in [-0.25, -0.2) is 8.42 Å². The normalized spacial score (nSPS) is 16.6. The van der Waals surface area contributed by atoms with Crippen LogP contribution in [0.3, 0.4) is 0 Å². The Balaban J connectivity index is 1.61. The number of para-hydroxylation sites is 1. The maximum atomic E-state index is 13.2. The van der Waals surface area contributed by atoms with E-state index in [2.05, 4.69) is 0 Å². The van der Waals surface area contributed by atoms with E-state index < -0.39 is 9.84 Å². The summed E-state index contributed by atoms with van der Waals surface area (Å²) in [7, 11) is -3.87. The van der Waals surface area contributed by atoms with Crippen molar-refractivity contribution < 1.29 is 18.0 Å². The number of rotatable bonds is 1. The number of amides is 1. The number of sulfone groups is 1. The van der Waals surface area contributed by atoms with Crippen molar-refractivity contribution in [2.24, 2.45) is 0 Å². The summed E-state index contributed by atoms with van der Waals surface area (Å²) < 4.78 is 26.2. The number of anilines is 1. The molecule has 1 amide bonds. The van der Waals surface area contributed by atoms with Crippen LogP contribution in [0.5, 0.6) is 0 Å². The van der Waals surface area contributed by atoms with Crippen LogP contribution in [0.4, 0.5) is 5.69 Å². The molecule has 2 aliphatic rings. The van der Waals surface area contributed by atoms with Crippen molar-refractivity contribution in [3.63, 3.8) is 0 Å². The molecule has 3 aromatic carbocycles. The maximum absolute atomic E-state index is 13.2. The highest BCUT2D eigenvalue weighted by molar-refractivity contribution is 7.91. The Bertz CT molecular complexity index is 1290. The summed E-state index contributed by atoms with van der Waals surface area (Å²) in [5.74, 6) is -0.603. The molecule has 3 aromatic rings. The van der Waals surface area contributed by atoms with Gasteiger partial charge in [-0.05, 0) is 54.8 Å². The number of fused-ring (bicyclic) bond motifs is 3. The minimum atomic E-state index is -3.87. The molecular formula is C23H17NO4S. The molecule has 2 aliphatic heterocycles. The van der Waals surface area contributed by atoms with Crippen LogP contribution in [-0.2, 0) is 16.3 Å². The Kier molecular flexibility index (Phi) is 3.93. The SMILES string of the molecule is O=C1c2ccccc2S(=O)(=O)c2cc(C(=O)N3CCCc4ccccc43)ccc21. The van der Waals surface area contributed by atoms with Crippen LogP contribution in [0.1, 0.15) is 38.3 Å². The average Bonchev–Trinajstić information content (AvgIpc) is 2.76. The van der Waals surface area contributed by atoms with Gasteiger partial charge in [-0.3, -0.25) is 9.59 Å². The third-order valence-corrected chi connectivity index (χ3v) is 7.39. The van der Waals surface area contributed by atoms with Crippen LogP contribution in [0.15, 0.2) is 76.5 Å². The molecule has 0 N–H and O–H groups in total. The number of carbonyl (C=O) groups excluding carboxylic acids is 2. The van der Waals surface area contributed by atoms with E-state index >= 15 is 0 Å². The van der Waals surface area contributed by atoms with Crippen molar-refractivity contribution in [2.75, 3.05) is 11.4 Å². The summed E-state index contributed by atoms with van der Waals surface area (Å²) in [6.07, 6.45) is 1.75. The molecule has 0 aliphatic carbocycles. The van der Waals surface area contributed by atoms with Crippen LogP contribution in [0.2, 0.25) is 0 Å². The molecule has 6 heteroatoms. The number of carbonyl (C=O) groups is 2. The Morgan fingerprint density at radius 2 is 1.59 bits per heavy atom. The van der Waals surface area contributed by atoms with Crippen molar-refractivity contribution in [3.05, 3.63) is 89.0 Å². The minimum Gasteiger partial charge on any atom is -0.308 e. The van der Waals surface area contributed by atoms with Crippen molar-refractivity contribution in [1.29, 1.82) is 0 Å². The largest absolute Gasteiger partial charge is 0.308 e. The zero-order chi connectivity index (χ0) is 20.2. The summed E-state index contributed by atoms with van der Waals surface area (Å²) in [5, 5.41) is 0. The van der Waals surface area contributed by atoms with E-state index in [1.54, 1.807) is 23.1 Å². The van der Waals surface area contributed by atoms with Crippen molar-refractivity contribution in [2.45, 2.75) is 22.6 Å². The van der Waals surface area contributed by atoms with Gasteiger partial charge < -0.3 is 4.90 Å². The van der Waals surface area contributed by atoms with Gasteiger partial charge in [0.15, 0.2) is 5.78 Å². The zero-order valence-corrected chi connectivity index (χ0v) is 16.3. The molecule has 5 rings (SSSR count). The number of benzene rings is 3. The molecule has 0 aromatic heterocycles. The minimum absolute atomic E-state index is 0.00887. The lowest BCUT2D eigenvalue weighted by atomic mass is 9.99. The molecule has 0 saturated carbocycles. The van der Waals surface area contributed by atoms with E-state index in [1.807, 2.05) is 24.3 Å². The highest BCUT2D eigenvalue weighted by atomic mass is 32.2. The van der Waals surface area contributed by atoms with Gasteiger partial charge in [-0.2, -0.15) is 0 Å². The second-order valence-corrected chi connectivity index (χ2v) is 9.12. The molecular weight excluding hydrogens is 386 g/mol. The van der Waals surface area contributed by atoms with Gasteiger partial charge in [0.05, 0.1) is 9.79 Å². The van der Waals surface area contributed by atoms with Crippen LogP contribution in [-0.4, -0.2) is 26.7 Å². The quantitative estimate of drug-likeness (QED) is 0.486. The van der Waals surface area contributed by atoms with E-state index in [1.165, 1.54) is 24.3 Å². The molecule has 0 bridgehead atoms. The van der Waals surface area contributed by atoms with Gasteiger partial charge in [-0.15, -0.1) is 0 Å². The Hall–Kier alpha value is -3.25. The topological polar surface area (TPSA) is 71.5 Å². The molecule has 0 atom stereocenters. The summed E-state index contributed by atoms with van der Waals surface area (Å²) >= 11 is 0. The smallest absolute Gasteiger partial charge is 0.258 e. The third kappa shape index (κ3) is 2.63. The lowest BCUT2D eigenvalue weighted by Gasteiger charge is -2.30. The highest BCUT2D eigenvalue weighted by Crippen LogP contribution is 2.35. The molecule has 0 radical (unpaired) electrons.